The molecule has 0 fully saturated rings. The molecule has 5 heteroatoms. The molecule has 0 spiro atoms. The van der Waals surface area contributed by atoms with E-state index in [4.69, 9.17) is 0 Å². The largest absolute Gasteiger partial charge is 0.343 e. The van der Waals surface area contributed by atoms with Crippen LogP contribution in [-0.2, 0) is 13.6 Å². The highest BCUT2D eigenvalue weighted by atomic mass is 16.2. The molecule has 140 valence electrons. The number of carbonyl (C=O) groups is 1. The monoisotopic (exact) mass is 370 g/mol. The van der Waals surface area contributed by atoms with Gasteiger partial charge in [0, 0.05) is 42.6 Å². The second-order valence-electron chi connectivity index (χ2n) is 6.79. The minimum atomic E-state index is -0.229. The Morgan fingerprint density at radius 3 is 2.54 bits per heavy atom. The third-order valence-electron chi connectivity index (χ3n) is 4.96. The number of hydrogen-bond donors (Lipinski definition) is 2. The maximum Gasteiger partial charge on any atom is 0.319 e. The number of hydrogen-bond acceptors (Lipinski definition) is 2. The molecule has 0 saturated heterocycles. The van der Waals surface area contributed by atoms with Crippen molar-refractivity contribution < 1.29 is 4.79 Å². The number of amides is 2. The van der Waals surface area contributed by atoms with Crippen molar-refractivity contribution in [3.8, 4) is 11.3 Å². The van der Waals surface area contributed by atoms with Crippen molar-refractivity contribution >= 4 is 22.6 Å². The first-order chi connectivity index (χ1) is 13.6. The molecule has 4 rings (SSSR count). The lowest BCUT2D eigenvalue weighted by Gasteiger charge is -2.08. The van der Waals surface area contributed by atoms with Crippen LogP contribution in [0.2, 0.25) is 0 Å². The maximum atomic E-state index is 12.3. The summed E-state index contributed by atoms with van der Waals surface area (Å²) in [6, 6.07) is 19.9. The fourth-order valence-corrected chi connectivity index (χ4v) is 3.57. The summed E-state index contributed by atoms with van der Waals surface area (Å²) in [5.41, 5.74) is 6.49. The van der Waals surface area contributed by atoms with Crippen LogP contribution in [-0.4, -0.2) is 15.6 Å². The lowest BCUT2D eigenvalue weighted by Crippen LogP contribution is -2.28. The number of nitrogens with one attached hydrogen (secondary N) is 2. The lowest BCUT2D eigenvalue weighted by molar-refractivity contribution is 0.251. The quantitative estimate of drug-likeness (QED) is 0.538. The van der Waals surface area contributed by atoms with Crippen LogP contribution in [0.1, 0.15) is 11.1 Å². The number of benzene rings is 2. The molecule has 0 aliphatic heterocycles. The molecule has 0 unspecified atom stereocenters. The molecule has 0 radical (unpaired) electrons. The predicted octanol–water partition coefficient (Wildman–Crippen LogP) is 4.87. The number of urea groups is 1. The highest BCUT2D eigenvalue weighted by Gasteiger charge is 2.14. The Kier molecular flexibility index (Phi) is 4.81. The molecular weight excluding hydrogens is 348 g/mol. The summed E-state index contributed by atoms with van der Waals surface area (Å²) in [6.07, 6.45) is 3.43. The maximum absolute atomic E-state index is 12.3. The van der Waals surface area contributed by atoms with Crippen LogP contribution in [0.25, 0.3) is 22.2 Å². The van der Waals surface area contributed by atoms with Crippen LogP contribution in [0.3, 0.4) is 0 Å². The van der Waals surface area contributed by atoms with E-state index in [1.807, 2.05) is 48.5 Å². The molecule has 0 aliphatic rings. The van der Waals surface area contributed by atoms with E-state index in [1.165, 1.54) is 16.8 Å². The Bertz CT molecular complexity index is 1120. The first kappa shape index (κ1) is 17.8. The van der Waals surface area contributed by atoms with E-state index in [0.717, 1.165) is 22.2 Å². The zero-order valence-corrected chi connectivity index (χ0v) is 15.9. The average Bonchev–Trinajstić information content (AvgIpc) is 2.98. The number of aryl methyl sites for hydroxylation is 2. The summed E-state index contributed by atoms with van der Waals surface area (Å²) in [5.74, 6) is 0. The summed E-state index contributed by atoms with van der Waals surface area (Å²) in [5, 5.41) is 6.93. The molecule has 4 aromatic rings. The van der Waals surface area contributed by atoms with Crippen LogP contribution in [0, 0.1) is 6.92 Å². The van der Waals surface area contributed by atoms with Crippen LogP contribution < -0.4 is 10.6 Å². The Labute approximate surface area is 164 Å². The number of aromatic nitrogens is 2. The van der Waals surface area contributed by atoms with Crippen LogP contribution >= 0.6 is 0 Å². The van der Waals surface area contributed by atoms with Crippen molar-refractivity contribution in [2.24, 2.45) is 7.05 Å². The van der Waals surface area contributed by atoms with Gasteiger partial charge in [0.15, 0.2) is 0 Å². The van der Waals surface area contributed by atoms with E-state index in [-0.39, 0.29) is 6.03 Å². The Morgan fingerprint density at radius 1 is 1.04 bits per heavy atom. The minimum Gasteiger partial charge on any atom is -0.343 e. The van der Waals surface area contributed by atoms with E-state index < -0.39 is 0 Å². The first-order valence-corrected chi connectivity index (χ1v) is 9.21. The number of fused-ring (bicyclic) bond motifs is 1. The van der Waals surface area contributed by atoms with Gasteiger partial charge in [-0.1, -0.05) is 30.3 Å². The van der Waals surface area contributed by atoms with E-state index in [1.54, 1.807) is 12.4 Å². The number of carbonyl (C=O) groups excluding carboxylic acids is 1. The Morgan fingerprint density at radius 2 is 1.79 bits per heavy atom. The van der Waals surface area contributed by atoms with Gasteiger partial charge in [0.1, 0.15) is 0 Å². The van der Waals surface area contributed by atoms with Crippen molar-refractivity contribution in [2.45, 2.75) is 13.5 Å². The van der Waals surface area contributed by atoms with Crippen molar-refractivity contribution in [2.75, 3.05) is 5.32 Å². The summed E-state index contributed by atoms with van der Waals surface area (Å²) >= 11 is 0. The summed E-state index contributed by atoms with van der Waals surface area (Å²) < 4.78 is 2.20. The number of rotatable bonds is 4. The highest BCUT2D eigenvalue weighted by Crippen LogP contribution is 2.33. The zero-order chi connectivity index (χ0) is 19.5. The molecule has 0 saturated carbocycles. The molecule has 0 atom stereocenters. The van der Waals surface area contributed by atoms with Crippen LogP contribution in [0.5, 0.6) is 0 Å². The fourth-order valence-electron chi connectivity index (χ4n) is 3.57. The van der Waals surface area contributed by atoms with Gasteiger partial charge in [0.2, 0.25) is 0 Å². The normalized spacial score (nSPS) is 10.8. The molecule has 2 aromatic heterocycles. The van der Waals surface area contributed by atoms with Gasteiger partial charge >= 0.3 is 6.03 Å². The summed E-state index contributed by atoms with van der Waals surface area (Å²) in [6.45, 7) is 2.58. The molecular formula is C23H22N4O. The van der Waals surface area contributed by atoms with Gasteiger partial charge in [0.25, 0.3) is 0 Å². The van der Waals surface area contributed by atoms with E-state index >= 15 is 0 Å². The number of nitrogens with zero attached hydrogens (tertiary/aromatic N) is 2. The second-order valence-corrected chi connectivity index (χ2v) is 6.79. The SMILES string of the molecule is Cc1c(-c2ccccc2)n(C)c2ccc(NC(=O)NCc3ccncc3)cc12. The van der Waals surface area contributed by atoms with E-state index in [2.05, 4.69) is 46.3 Å². The molecule has 0 aliphatic carbocycles. The van der Waals surface area contributed by atoms with E-state index in [9.17, 15) is 4.79 Å². The molecule has 2 heterocycles. The number of pyridine rings is 1. The van der Waals surface area contributed by atoms with Gasteiger partial charge in [-0.2, -0.15) is 0 Å². The first-order valence-electron chi connectivity index (χ1n) is 9.21. The average molecular weight is 370 g/mol. The van der Waals surface area contributed by atoms with Gasteiger partial charge in [-0.15, -0.1) is 0 Å². The topological polar surface area (TPSA) is 59.0 Å². The van der Waals surface area contributed by atoms with Crippen LogP contribution in [0.15, 0.2) is 73.1 Å². The Hall–Kier alpha value is -3.60. The smallest absolute Gasteiger partial charge is 0.319 e. The molecule has 2 N–H and O–H groups in total. The lowest BCUT2D eigenvalue weighted by atomic mass is 10.1. The Balaban J connectivity index is 1.56. The van der Waals surface area contributed by atoms with Crippen molar-refractivity contribution in [3.05, 3.63) is 84.2 Å². The highest BCUT2D eigenvalue weighted by molar-refractivity contribution is 5.97. The van der Waals surface area contributed by atoms with E-state index in [0.29, 0.717) is 6.54 Å². The van der Waals surface area contributed by atoms with Gasteiger partial charge in [-0.05, 0) is 53.9 Å². The van der Waals surface area contributed by atoms with Gasteiger partial charge < -0.3 is 15.2 Å². The molecule has 5 nitrogen and oxygen atoms in total. The minimum absolute atomic E-state index is 0.229. The van der Waals surface area contributed by atoms with Crippen molar-refractivity contribution in [3.63, 3.8) is 0 Å². The van der Waals surface area contributed by atoms with Gasteiger partial charge in [-0.25, -0.2) is 4.79 Å². The third-order valence-corrected chi connectivity index (χ3v) is 4.96. The third kappa shape index (κ3) is 3.47. The summed E-state index contributed by atoms with van der Waals surface area (Å²) in [7, 11) is 2.08. The number of anilines is 1. The van der Waals surface area contributed by atoms with Crippen LogP contribution in [0.4, 0.5) is 10.5 Å². The standard InChI is InChI=1S/C23H22N4O/c1-16-20-14-19(26-23(28)25-15-17-10-12-24-13-11-17)8-9-21(20)27(2)22(16)18-6-4-3-5-7-18/h3-14H,15H2,1-2H3,(H2,25,26,28). The van der Waals surface area contributed by atoms with Crippen molar-refractivity contribution in [1.29, 1.82) is 0 Å². The molecule has 28 heavy (non-hydrogen) atoms. The molecule has 0 bridgehead atoms. The fraction of sp³-hybridized carbons (Fsp3) is 0.130. The zero-order valence-electron chi connectivity index (χ0n) is 15.9. The summed E-state index contributed by atoms with van der Waals surface area (Å²) in [4.78, 5) is 16.2. The predicted molar refractivity (Wildman–Crippen MR) is 113 cm³/mol. The van der Waals surface area contributed by atoms with Crippen molar-refractivity contribution in [1.82, 2.24) is 14.9 Å². The molecule has 2 amide bonds. The molecule has 2 aromatic carbocycles. The van der Waals surface area contributed by atoms with Gasteiger partial charge in [0.05, 0.1) is 5.69 Å². The second kappa shape index (κ2) is 7.56. The van der Waals surface area contributed by atoms with Gasteiger partial charge in [-0.3, -0.25) is 4.98 Å².